The number of allylic oxidation sites excluding steroid dienone is 10. The van der Waals surface area contributed by atoms with E-state index >= 15 is 0 Å². The van der Waals surface area contributed by atoms with Gasteiger partial charge in [0.05, 0.1) is 6.61 Å². The second kappa shape index (κ2) is 56.9. The maximum Gasteiger partial charge on any atom is 0.306 e. The first-order valence-corrected chi connectivity index (χ1v) is 28.8. The Labute approximate surface area is 411 Å². The Bertz CT molecular complexity index is 1130. The molecule has 0 aliphatic carbocycles. The molecule has 0 aromatic carbocycles. The Hall–Kier alpha value is -2.40. The van der Waals surface area contributed by atoms with E-state index in [2.05, 4.69) is 62.5 Å². The van der Waals surface area contributed by atoms with E-state index in [0.717, 1.165) is 44.9 Å². The van der Waals surface area contributed by atoms with Crippen molar-refractivity contribution in [2.45, 2.75) is 302 Å². The average Bonchev–Trinajstić information content (AvgIpc) is 3.32. The lowest BCUT2D eigenvalue weighted by Gasteiger charge is -2.15. The van der Waals surface area contributed by atoms with Crippen LogP contribution in [-0.4, -0.2) is 36.4 Å². The van der Waals surface area contributed by atoms with Crippen molar-refractivity contribution in [1.82, 2.24) is 0 Å². The summed E-state index contributed by atoms with van der Waals surface area (Å²) in [6.07, 6.45) is 76.8. The average molecular weight is 924 g/mol. The molecule has 0 amide bonds. The van der Waals surface area contributed by atoms with E-state index in [1.807, 2.05) is 12.2 Å². The highest BCUT2D eigenvalue weighted by Crippen LogP contribution is 2.17. The monoisotopic (exact) mass is 923 g/mol. The van der Waals surface area contributed by atoms with Gasteiger partial charge in [-0.15, -0.1) is 0 Å². The third-order valence-corrected chi connectivity index (χ3v) is 12.8. The van der Waals surface area contributed by atoms with Crippen molar-refractivity contribution in [3.8, 4) is 0 Å². The number of ether oxygens (including phenoxy) is 2. The molecule has 384 valence electrons. The van der Waals surface area contributed by atoms with Crippen molar-refractivity contribution in [1.29, 1.82) is 0 Å². The SMILES string of the molecule is CC/C=C\C/C=C\C/C=C\C/C=C\CCC(=O)OC(CO)COC(=O)CCCCCCCCCCCCCCCCCCCCCCCCCCCCC/C=C\CCCCCCCCCC. The van der Waals surface area contributed by atoms with Crippen LogP contribution in [0, 0.1) is 0 Å². The summed E-state index contributed by atoms with van der Waals surface area (Å²) in [5.41, 5.74) is 0. The van der Waals surface area contributed by atoms with Gasteiger partial charge in [0.15, 0.2) is 6.10 Å². The van der Waals surface area contributed by atoms with Crippen molar-refractivity contribution in [2.75, 3.05) is 13.2 Å². The Morgan fingerprint density at radius 3 is 1.05 bits per heavy atom. The largest absolute Gasteiger partial charge is 0.462 e. The third kappa shape index (κ3) is 54.2. The molecule has 0 aliphatic rings. The number of aliphatic hydroxyl groups is 1. The number of hydrogen-bond donors (Lipinski definition) is 1. The molecule has 0 aromatic rings. The van der Waals surface area contributed by atoms with E-state index in [4.69, 9.17) is 9.47 Å². The smallest absolute Gasteiger partial charge is 0.306 e. The summed E-state index contributed by atoms with van der Waals surface area (Å²) < 4.78 is 10.6. The maximum absolute atomic E-state index is 12.2. The molecule has 0 saturated carbocycles. The topological polar surface area (TPSA) is 72.8 Å². The van der Waals surface area contributed by atoms with Gasteiger partial charge in [0.2, 0.25) is 0 Å². The molecule has 5 nitrogen and oxygen atoms in total. The molecule has 0 rings (SSSR count). The van der Waals surface area contributed by atoms with Gasteiger partial charge in [0.25, 0.3) is 0 Å². The fourth-order valence-corrected chi connectivity index (χ4v) is 8.51. The highest BCUT2D eigenvalue weighted by Gasteiger charge is 2.15. The second-order valence-electron chi connectivity index (χ2n) is 19.3. The summed E-state index contributed by atoms with van der Waals surface area (Å²) in [4.78, 5) is 24.3. The summed E-state index contributed by atoms with van der Waals surface area (Å²) >= 11 is 0. The number of hydrogen-bond acceptors (Lipinski definition) is 5. The minimum Gasteiger partial charge on any atom is -0.462 e. The van der Waals surface area contributed by atoms with E-state index in [1.54, 1.807) is 0 Å². The van der Waals surface area contributed by atoms with E-state index in [-0.39, 0.29) is 25.6 Å². The highest BCUT2D eigenvalue weighted by molar-refractivity contribution is 5.70. The summed E-state index contributed by atoms with van der Waals surface area (Å²) in [7, 11) is 0. The number of rotatable bonds is 53. The van der Waals surface area contributed by atoms with Crippen LogP contribution in [0.5, 0.6) is 0 Å². The van der Waals surface area contributed by atoms with Crippen LogP contribution in [0.1, 0.15) is 296 Å². The van der Waals surface area contributed by atoms with E-state index in [1.165, 1.54) is 218 Å². The van der Waals surface area contributed by atoms with E-state index in [9.17, 15) is 14.7 Å². The van der Waals surface area contributed by atoms with Crippen molar-refractivity contribution in [3.05, 3.63) is 60.8 Å². The number of carbonyl (C=O) groups is 2. The highest BCUT2D eigenvalue weighted by atomic mass is 16.6. The van der Waals surface area contributed by atoms with Crippen LogP contribution < -0.4 is 0 Å². The number of aliphatic hydroxyl groups excluding tert-OH is 1. The lowest BCUT2D eigenvalue weighted by Crippen LogP contribution is -2.28. The molecule has 0 bridgehead atoms. The van der Waals surface area contributed by atoms with Crippen LogP contribution in [-0.2, 0) is 19.1 Å². The van der Waals surface area contributed by atoms with Gasteiger partial charge >= 0.3 is 11.9 Å². The maximum atomic E-state index is 12.2. The fraction of sp³-hybridized carbons (Fsp3) is 0.803. The van der Waals surface area contributed by atoms with Crippen molar-refractivity contribution < 1.29 is 24.2 Å². The van der Waals surface area contributed by atoms with E-state index < -0.39 is 12.1 Å². The predicted molar refractivity (Wildman–Crippen MR) is 288 cm³/mol. The van der Waals surface area contributed by atoms with Gasteiger partial charge in [0.1, 0.15) is 6.61 Å². The summed E-state index contributed by atoms with van der Waals surface area (Å²) in [6.45, 7) is 3.98. The minimum atomic E-state index is -0.810. The molecule has 5 heteroatoms. The first-order valence-electron chi connectivity index (χ1n) is 28.8. The molecule has 0 fully saturated rings. The lowest BCUT2D eigenvalue weighted by molar-refractivity contribution is -0.161. The van der Waals surface area contributed by atoms with Gasteiger partial charge in [-0.2, -0.15) is 0 Å². The van der Waals surface area contributed by atoms with Crippen LogP contribution in [0.2, 0.25) is 0 Å². The van der Waals surface area contributed by atoms with E-state index in [0.29, 0.717) is 12.8 Å². The standard InChI is InChI=1S/C61H110O5/c1-3-5-7-9-11-13-15-17-18-19-20-21-22-23-24-25-26-27-28-29-30-31-32-33-34-35-36-37-38-39-40-41-42-44-45-47-49-51-53-55-60(63)65-58-59(57-62)66-61(64)56-54-52-50-48-46-43-16-14-12-10-8-6-4-2/h6,8,12,14,19-20,43,46,50,52,59,62H,3-5,7,9-11,13,15-18,21-42,44-45,47-49,51,53-58H2,1-2H3/b8-6-,14-12-,20-19-,46-43-,52-50-. The molecule has 1 unspecified atom stereocenters. The summed E-state index contributed by atoms with van der Waals surface area (Å²) in [6, 6.07) is 0. The van der Waals surface area contributed by atoms with Crippen LogP contribution in [0.25, 0.3) is 0 Å². The van der Waals surface area contributed by atoms with Crippen molar-refractivity contribution >= 4 is 11.9 Å². The number of unbranched alkanes of at least 4 members (excludes halogenated alkanes) is 35. The molecule has 66 heavy (non-hydrogen) atoms. The molecule has 0 heterocycles. The molecule has 0 spiro atoms. The number of esters is 2. The van der Waals surface area contributed by atoms with Gasteiger partial charge in [-0.3, -0.25) is 9.59 Å². The quantitative estimate of drug-likeness (QED) is 0.0374. The summed E-state index contributed by atoms with van der Waals surface area (Å²) in [5.74, 6) is -0.677. The fourth-order valence-electron chi connectivity index (χ4n) is 8.51. The van der Waals surface area contributed by atoms with Crippen LogP contribution >= 0.6 is 0 Å². The molecule has 0 aliphatic heterocycles. The molecular weight excluding hydrogens is 813 g/mol. The van der Waals surface area contributed by atoms with Gasteiger partial charge < -0.3 is 14.6 Å². The zero-order valence-electron chi connectivity index (χ0n) is 44.0. The Morgan fingerprint density at radius 1 is 0.364 bits per heavy atom. The third-order valence-electron chi connectivity index (χ3n) is 12.8. The van der Waals surface area contributed by atoms with Gasteiger partial charge in [-0.1, -0.05) is 280 Å². The zero-order valence-corrected chi connectivity index (χ0v) is 44.0. The van der Waals surface area contributed by atoms with Gasteiger partial charge in [0, 0.05) is 12.8 Å². The Kier molecular flexibility index (Phi) is 54.9. The van der Waals surface area contributed by atoms with Crippen molar-refractivity contribution in [3.63, 3.8) is 0 Å². The number of carbonyl (C=O) groups excluding carboxylic acids is 2. The molecule has 1 N–H and O–H groups in total. The first-order chi connectivity index (χ1) is 32.6. The first kappa shape index (κ1) is 63.6. The summed E-state index contributed by atoms with van der Waals surface area (Å²) in [5, 5.41) is 9.59. The van der Waals surface area contributed by atoms with Crippen LogP contribution in [0.15, 0.2) is 60.8 Å². The molecule has 0 radical (unpaired) electrons. The minimum absolute atomic E-state index is 0.0934. The van der Waals surface area contributed by atoms with Gasteiger partial charge in [-0.25, -0.2) is 0 Å². The molecule has 0 saturated heterocycles. The Morgan fingerprint density at radius 2 is 0.682 bits per heavy atom. The van der Waals surface area contributed by atoms with Crippen molar-refractivity contribution in [2.24, 2.45) is 0 Å². The van der Waals surface area contributed by atoms with Crippen LogP contribution in [0.3, 0.4) is 0 Å². The second-order valence-corrected chi connectivity index (χ2v) is 19.3. The zero-order chi connectivity index (χ0) is 47.7. The molecule has 0 aromatic heterocycles. The molecule has 1 atom stereocenters. The lowest BCUT2D eigenvalue weighted by atomic mass is 10.0. The van der Waals surface area contributed by atoms with Gasteiger partial charge in [-0.05, 0) is 64.2 Å². The Balaban J connectivity index is 3.38. The molecular formula is C61H110O5. The van der Waals surface area contributed by atoms with Crippen LogP contribution in [0.4, 0.5) is 0 Å². The normalized spacial score (nSPS) is 12.6. The predicted octanol–water partition coefficient (Wildman–Crippen LogP) is 19.4.